The van der Waals surface area contributed by atoms with E-state index in [1.165, 1.54) is 19.3 Å². The van der Waals surface area contributed by atoms with Crippen molar-refractivity contribution in [2.45, 2.75) is 32.6 Å². The molecule has 2 aliphatic heterocycles. The fraction of sp³-hybridized carbons (Fsp3) is 0.500. The minimum atomic E-state index is -0.276. The first-order valence-electron chi connectivity index (χ1n) is 6.90. The van der Waals surface area contributed by atoms with Crippen LogP contribution in [0.15, 0.2) is 5.57 Å². The Morgan fingerprint density at radius 2 is 2.00 bits per heavy atom. The molecular formula is C14H17N3O2S. The van der Waals surface area contributed by atoms with Gasteiger partial charge < -0.3 is 4.90 Å². The van der Waals surface area contributed by atoms with Crippen LogP contribution in [0.4, 0.5) is 5.13 Å². The number of carbonyl (C=O) groups is 2. The fourth-order valence-electron chi connectivity index (χ4n) is 2.53. The predicted octanol–water partition coefficient (Wildman–Crippen LogP) is 1.87. The van der Waals surface area contributed by atoms with Gasteiger partial charge in [0, 0.05) is 18.7 Å². The highest BCUT2D eigenvalue weighted by molar-refractivity contribution is 7.16. The third kappa shape index (κ3) is 2.60. The van der Waals surface area contributed by atoms with Crippen molar-refractivity contribution < 1.29 is 9.59 Å². The summed E-state index contributed by atoms with van der Waals surface area (Å²) in [6.45, 7) is 4.06. The third-order valence-corrected chi connectivity index (χ3v) is 4.81. The summed E-state index contributed by atoms with van der Waals surface area (Å²) >= 11 is 1.60. The lowest BCUT2D eigenvalue weighted by Gasteiger charge is -2.25. The SMILES string of the molecule is Cc1nc(N2CCCCC2)sc1C=C1CC(=O)NC1=O. The second-order valence-corrected chi connectivity index (χ2v) is 6.23. The zero-order valence-electron chi connectivity index (χ0n) is 11.4. The molecule has 3 heterocycles. The zero-order chi connectivity index (χ0) is 14.1. The summed E-state index contributed by atoms with van der Waals surface area (Å²) in [6, 6.07) is 0. The van der Waals surface area contributed by atoms with E-state index in [-0.39, 0.29) is 18.2 Å². The topological polar surface area (TPSA) is 62.3 Å². The first kappa shape index (κ1) is 13.3. The van der Waals surface area contributed by atoms with Gasteiger partial charge in [-0.05, 0) is 32.3 Å². The summed E-state index contributed by atoms with van der Waals surface area (Å²) in [7, 11) is 0. The largest absolute Gasteiger partial charge is 0.348 e. The van der Waals surface area contributed by atoms with Gasteiger partial charge in [0.1, 0.15) is 0 Å². The van der Waals surface area contributed by atoms with E-state index in [4.69, 9.17) is 0 Å². The number of carbonyl (C=O) groups excluding carboxylic acids is 2. The van der Waals surface area contributed by atoms with E-state index in [9.17, 15) is 9.59 Å². The number of hydrogen-bond acceptors (Lipinski definition) is 5. The Hall–Kier alpha value is -1.69. The molecule has 1 aromatic rings. The zero-order valence-corrected chi connectivity index (χ0v) is 12.3. The Kier molecular flexibility index (Phi) is 3.56. The number of aromatic nitrogens is 1. The van der Waals surface area contributed by atoms with Crippen molar-refractivity contribution >= 4 is 34.4 Å². The highest BCUT2D eigenvalue weighted by Crippen LogP contribution is 2.30. The Morgan fingerprint density at radius 1 is 1.25 bits per heavy atom. The maximum Gasteiger partial charge on any atom is 0.254 e. The lowest BCUT2D eigenvalue weighted by atomic mass is 10.1. The van der Waals surface area contributed by atoms with E-state index < -0.39 is 0 Å². The van der Waals surface area contributed by atoms with Crippen molar-refractivity contribution in [3.8, 4) is 0 Å². The quantitative estimate of drug-likeness (QED) is 0.667. The molecule has 3 rings (SSSR count). The molecule has 5 nitrogen and oxygen atoms in total. The highest BCUT2D eigenvalue weighted by atomic mass is 32.1. The lowest BCUT2D eigenvalue weighted by molar-refractivity contribution is -0.124. The molecule has 2 saturated heterocycles. The summed E-state index contributed by atoms with van der Waals surface area (Å²) in [6.07, 6.45) is 5.70. The molecule has 0 saturated carbocycles. The van der Waals surface area contributed by atoms with Gasteiger partial charge in [-0.25, -0.2) is 4.98 Å². The van der Waals surface area contributed by atoms with Crippen LogP contribution < -0.4 is 10.2 Å². The van der Waals surface area contributed by atoms with Crippen LogP contribution in [0.3, 0.4) is 0 Å². The van der Waals surface area contributed by atoms with E-state index in [0.717, 1.165) is 28.8 Å². The van der Waals surface area contributed by atoms with Crippen LogP contribution in [0.5, 0.6) is 0 Å². The van der Waals surface area contributed by atoms with Crippen molar-refractivity contribution in [1.82, 2.24) is 10.3 Å². The van der Waals surface area contributed by atoms with Crippen LogP contribution in [0, 0.1) is 6.92 Å². The van der Waals surface area contributed by atoms with E-state index >= 15 is 0 Å². The second-order valence-electron chi connectivity index (χ2n) is 5.22. The molecule has 2 amide bonds. The van der Waals surface area contributed by atoms with Gasteiger partial charge in [-0.2, -0.15) is 0 Å². The lowest BCUT2D eigenvalue weighted by Crippen LogP contribution is -2.29. The number of rotatable bonds is 2. The molecule has 0 aliphatic carbocycles. The van der Waals surface area contributed by atoms with Gasteiger partial charge in [-0.15, -0.1) is 0 Å². The molecule has 1 aromatic heterocycles. The molecule has 0 radical (unpaired) electrons. The normalized spacial score (nSPS) is 21.6. The summed E-state index contributed by atoms with van der Waals surface area (Å²) in [5.41, 5.74) is 1.46. The maximum absolute atomic E-state index is 11.6. The Labute approximate surface area is 121 Å². The number of anilines is 1. The van der Waals surface area contributed by atoms with Gasteiger partial charge in [0.25, 0.3) is 5.91 Å². The van der Waals surface area contributed by atoms with Crippen molar-refractivity contribution in [3.63, 3.8) is 0 Å². The third-order valence-electron chi connectivity index (χ3n) is 3.65. The molecule has 2 fully saturated rings. The molecule has 106 valence electrons. The molecule has 0 unspecified atom stereocenters. The standard InChI is InChI=1S/C14H17N3O2S/c1-9-11(7-10-8-12(18)16-13(10)19)20-14(15-9)17-5-3-2-4-6-17/h7H,2-6,8H2,1H3,(H,16,18,19). The Morgan fingerprint density at radius 3 is 2.65 bits per heavy atom. The molecule has 0 bridgehead atoms. The van der Waals surface area contributed by atoms with Crippen LogP contribution in [-0.2, 0) is 9.59 Å². The molecular weight excluding hydrogens is 274 g/mol. The van der Waals surface area contributed by atoms with Gasteiger partial charge in [0.15, 0.2) is 5.13 Å². The van der Waals surface area contributed by atoms with Crippen LogP contribution >= 0.6 is 11.3 Å². The van der Waals surface area contributed by atoms with Crippen LogP contribution in [0.25, 0.3) is 6.08 Å². The molecule has 0 aromatic carbocycles. The average molecular weight is 291 g/mol. The molecule has 2 aliphatic rings. The van der Waals surface area contributed by atoms with Crippen LogP contribution in [-0.4, -0.2) is 29.9 Å². The van der Waals surface area contributed by atoms with Crippen LogP contribution in [0.2, 0.25) is 0 Å². The van der Waals surface area contributed by atoms with E-state index in [1.807, 2.05) is 6.92 Å². The fourth-order valence-corrected chi connectivity index (χ4v) is 3.61. The average Bonchev–Trinajstić information content (AvgIpc) is 2.95. The number of nitrogens with one attached hydrogen (secondary N) is 1. The van der Waals surface area contributed by atoms with Gasteiger partial charge in [-0.1, -0.05) is 11.3 Å². The number of imide groups is 1. The van der Waals surface area contributed by atoms with E-state index in [0.29, 0.717) is 5.57 Å². The van der Waals surface area contributed by atoms with Gasteiger partial charge >= 0.3 is 0 Å². The van der Waals surface area contributed by atoms with Gasteiger partial charge in [0.2, 0.25) is 5.91 Å². The van der Waals surface area contributed by atoms with Crippen molar-refractivity contribution in [3.05, 3.63) is 16.1 Å². The first-order chi connectivity index (χ1) is 9.63. The molecule has 1 N–H and O–H groups in total. The molecule has 6 heteroatoms. The van der Waals surface area contributed by atoms with Crippen molar-refractivity contribution in [2.24, 2.45) is 0 Å². The Bertz CT molecular complexity index is 585. The smallest absolute Gasteiger partial charge is 0.254 e. The van der Waals surface area contributed by atoms with Crippen molar-refractivity contribution in [1.29, 1.82) is 0 Å². The van der Waals surface area contributed by atoms with Crippen molar-refractivity contribution in [2.75, 3.05) is 18.0 Å². The predicted molar refractivity (Wildman–Crippen MR) is 78.7 cm³/mol. The summed E-state index contributed by atoms with van der Waals surface area (Å²) in [4.78, 5) is 30.7. The summed E-state index contributed by atoms with van der Waals surface area (Å²) in [5, 5.41) is 3.33. The molecule has 0 atom stereocenters. The first-order valence-corrected chi connectivity index (χ1v) is 7.72. The minimum absolute atomic E-state index is 0.176. The molecule has 20 heavy (non-hydrogen) atoms. The monoisotopic (exact) mass is 291 g/mol. The van der Waals surface area contributed by atoms with E-state index in [1.54, 1.807) is 17.4 Å². The summed E-state index contributed by atoms with van der Waals surface area (Å²) in [5.74, 6) is -0.498. The highest BCUT2D eigenvalue weighted by Gasteiger charge is 2.24. The second kappa shape index (κ2) is 5.36. The number of hydrogen-bond donors (Lipinski definition) is 1. The number of thiazole rings is 1. The number of nitrogens with zero attached hydrogens (tertiary/aromatic N) is 2. The minimum Gasteiger partial charge on any atom is -0.348 e. The number of amides is 2. The Balaban J connectivity index is 1.84. The van der Waals surface area contributed by atoms with E-state index in [2.05, 4.69) is 15.2 Å². The van der Waals surface area contributed by atoms with Gasteiger partial charge in [0.05, 0.1) is 17.0 Å². The maximum atomic E-state index is 11.6. The summed E-state index contributed by atoms with van der Waals surface area (Å²) < 4.78 is 0. The number of aryl methyl sites for hydroxylation is 1. The van der Waals surface area contributed by atoms with Gasteiger partial charge in [-0.3, -0.25) is 14.9 Å². The van der Waals surface area contributed by atoms with Crippen LogP contribution in [0.1, 0.15) is 36.3 Å². The molecule has 0 spiro atoms. The number of piperidine rings is 1.